The minimum Gasteiger partial charge on any atom is -0.356 e. The second-order valence-electron chi connectivity index (χ2n) is 4.89. The summed E-state index contributed by atoms with van der Waals surface area (Å²) in [6, 6.07) is 6.83. The van der Waals surface area contributed by atoms with Crippen LogP contribution in [0.3, 0.4) is 0 Å². The average Bonchev–Trinajstić information content (AvgIpc) is 2.57. The van der Waals surface area contributed by atoms with E-state index >= 15 is 0 Å². The number of halogens is 2. The van der Waals surface area contributed by atoms with E-state index in [4.69, 9.17) is 11.6 Å². The Morgan fingerprint density at radius 3 is 2.33 bits per heavy atom. The number of thioether (sulfide) groups is 1. The summed E-state index contributed by atoms with van der Waals surface area (Å²) >= 11 is 7.66. The summed E-state index contributed by atoms with van der Waals surface area (Å²) in [5.41, 5.74) is 0.603. The molecule has 0 aromatic heterocycles. The number of nitrogens with zero attached hydrogens (tertiary/aromatic N) is 1. The number of aliphatic imine (C=N–C) groups is 1. The van der Waals surface area contributed by atoms with Crippen LogP contribution < -0.4 is 16.0 Å². The van der Waals surface area contributed by atoms with Crippen LogP contribution in [0.1, 0.15) is 23.2 Å². The molecular formula is C16H26ClIN4OS. The minimum absolute atomic E-state index is 0. The van der Waals surface area contributed by atoms with Gasteiger partial charge in [-0.2, -0.15) is 11.8 Å². The summed E-state index contributed by atoms with van der Waals surface area (Å²) in [4.78, 5) is 16.1. The van der Waals surface area contributed by atoms with E-state index in [2.05, 4.69) is 27.2 Å². The van der Waals surface area contributed by atoms with E-state index in [0.29, 0.717) is 23.7 Å². The number of nitrogens with one attached hydrogen (secondary N) is 3. The number of guanidine groups is 1. The van der Waals surface area contributed by atoms with Gasteiger partial charge in [0, 0.05) is 37.3 Å². The van der Waals surface area contributed by atoms with Gasteiger partial charge in [0.1, 0.15) is 0 Å². The lowest BCUT2D eigenvalue weighted by molar-refractivity contribution is 0.0954. The number of hydrogen-bond donors (Lipinski definition) is 3. The van der Waals surface area contributed by atoms with Crippen molar-refractivity contribution in [2.24, 2.45) is 4.99 Å². The summed E-state index contributed by atoms with van der Waals surface area (Å²) in [6.07, 6.45) is 4.43. The van der Waals surface area contributed by atoms with Crippen LogP contribution in [0, 0.1) is 0 Å². The summed E-state index contributed by atoms with van der Waals surface area (Å²) in [7, 11) is 1.74. The molecule has 1 aromatic carbocycles. The van der Waals surface area contributed by atoms with E-state index in [1.54, 1.807) is 31.3 Å². The lowest BCUT2D eigenvalue weighted by atomic mass is 10.2. The molecule has 0 saturated heterocycles. The molecule has 0 heterocycles. The molecule has 0 aliphatic heterocycles. The fraction of sp³-hybridized carbons (Fsp3) is 0.500. The molecule has 0 saturated carbocycles. The first kappa shape index (κ1) is 23.3. The van der Waals surface area contributed by atoms with E-state index in [1.807, 2.05) is 11.8 Å². The largest absolute Gasteiger partial charge is 0.356 e. The van der Waals surface area contributed by atoms with Crippen molar-refractivity contribution in [2.45, 2.75) is 12.8 Å². The van der Waals surface area contributed by atoms with Crippen LogP contribution in [-0.4, -0.2) is 50.6 Å². The van der Waals surface area contributed by atoms with Gasteiger partial charge in [-0.3, -0.25) is 9.79 Å². The lowest BCUT2D eigenvalue weighted by Gasteiger charge is -2.12. The molecule has 0 spiro atoms. The molecule has 24 heavy (non-hydrogen) atoms. The van der Waals surface area contributed by atoms with E-state index < -0.39 is 0 Å². The monoisotopic (exact) mass is 484 g/mol. The Labute approximate surface area is 170 Å². The summed E-state index contributed by atoms with van der Waals surface area (Å²) in [5, 5.41) is 9.90. The van der Waals surface area contributed by atoms with Gasteiger partial charge in [-0.25, -0.2) is 0 Å². The van der Waals surface area contributed by atoms with E-state index in [1.165, 1.54) is 12.2 Å². The van der Waals surface area contributed by atoms with Crippen molar-refractivity contribution in [3.8, 4) is 0 Å². The Bertz CT molecular complexity index is 499. The maximum absolute atomic E-state index is 11.9. The molecule has 1 aromatic rings. The van der Waals surface area contributed by atoms with E-state index in [-0.39, 0.29) is 29.9 Å². The Hall–Kier alpha value is -0.670. The third-order valence-corrected chi connectivity index (χ3v) is 4.05. The van der Waals surface area contributed by atoms with Gasteiger partial charge in [-0.1, -0.05) is 11.6 Å². The fourth-order valence-electron chi connectivity index (χ4n) is 1.86. The van der Waals surface area contributed by atoms with Crippen molar-refractivity contribution in [2.75, 3.05) is 38.7 Å². The number of unbranched alkanes of at least 4 members (excludes halogenated alkanes) is 1. The molecule has 0 aliphatic rings. The van der Waals surface area contributed by atoms with Crippen LogP contribution in [0.25, 0.3) is 0 Å². The third kappa shape index (κ3) is 10.2. The second kappa shape index (κ2) is 14.7. The van der Waals surface area contributed by atoms with Gasteiger partial charge in [0.25, 0.3) is 5.91 Å². The van der Waals surface area contributed by atoms with Gasteiger partial charge < -0.3 is 16.0 Å². The van der Waals surface area contributed by atoms with Gasteiger partial charge in [-0.15, -0.1) is 24.0 Å². The molecule has 0 atom stereocenters. The zero-order chi connectivity index (χ0) is 16.9. The molecule has 136 valence electrons. The van der Waals surface area contributed by atoms with E-state index in [9.17, 15) is 4.79 Å². The Morgan fingerprint density at radius 2 is 1.71 bits per heavy atom. The molecule has 1 rings (SSSR count). The van der Waals surface area contributed by atoms with Crippen LogP contribution in [0.5, 0.6) is 0 Å². The predicted molar refractivity (Wildman–Crippen MR) is 116 cm³/mol. The zero-order valence-electron chi connectivity index (χ0n) is 14.1. The number of benzene rings is 1. The van der Waals surface area contributed by atoms with Crippen molar-refractivity contribution >= 4 is 59.2 Å². The molecular weight excluding hydrogens is 459 g/mol. The highest BCUT2D eigenvalue weighted by atomic mass is 127. The van der Waals surface area contributed by atoms with Gasteiger partial charge in [0.2, 0.25) is 0 Å². The predicted octanol–water partition coefficient (Wildman–Crippen LogP) is 3.00. The second-order valence-corrected chi connectivity index (χ2v) is 6.31. The van der Waals surface area contributed by atoms with Crippen LogP contribution >= 0.6 is 47.3 Å². The van der Waals surface area contributed by atoms with Crippen LogP contribution in [-0.2, 0) is 0 Å². The fourth-order valence-corrected chi connectivity index (χ4v) is 2.48. The molecule has 0 radical (unpaired) electrons. The molecule has 8 heteroatoms. The van der Waals surface area contributed by atoms with Crippen molar-refractivity contribution in [1.82, 2.24) is 16.0 Å². The summed E-state index contributed by atoms with van der Waals surface area (Å²) in [6.45, 7) is 2.04. The van der Waals surface area contributed by atoms with Crippen molar-refractivity contribution in [3.05, 3.63) is 34.9 Å². The number of rotatable bonds is 9. The topological polar surface area (TPSA) is 65.5 Å². The van der Waals surface area contributed by atoms with Crippen LogP contribution in [0.2, 0.25) is 5.02 Å². The first-order valence-corrected chi connectivity index (χ1v) is 9.41. The molecule has 0 unspecified atom stereocenters. The van der Waals surface area contributed by atoms with Crippen molar-refractivity contribution in [3.63, 3.8) is 0 Å². The van der Waals surface area contributed by atoms with Crippen molar-refractivity contribution in [1.29, 1.82) is 0 Å². The van der Waals surface area contributed by atoms with E-state index in [0.717, 1.165) is 18.9 Å². The highest BCUT2D eigenvalue weighted by molar-refractivity contribution is 14.0. The number of carbonyl (C=O) groups excluding carboxylic acids is 1. The number of hydrogen-bond acceptors (Lipinski definition) is 3. The first-order valence-electron chi connectivity index (χ1n) is 7.64. The molecule has 0 aliphatic carbocycles. The Kier molecular flexibility index (Phi) is 14.2. The van der Waals surface area contributed by atoms with Crippen LogP contribution in [0.15, 0.2) is 29.3 Å². The van der Waals surface area contributed by atoms with Gasteiger partial charge >= 0.3 is 0 Å². The molecule has 5 nitrogen and oxygen atoms in total. The summed E-state index contributed by atoms with van der Waals surface area (Å²) < 4.78 is 0. The van der Waals surface area contributed by atoms with Gasteiger partial charge in [-0.05, 0) is 49.1 Å². The normalized spacial score (nSPS) is 10.7. The third-order valence-electron chi connectivity index (χ3n) is 3.10. The van der Waals surface area contributed by atoms with Gasteiger partial charge in [0.15, 0.2) is 5.96 Å². The maximum atomic E-state index is 11.9. The number of carbonyl (C=O) groups is 1. The molecule has 3 N–H and O–H groups in total. The standard InChI is InChI=1S/C16H25ClN4OS.HI/c1-18-16(20-9-3-4-12-23-2)21-11-10-19-15(22)13-5-7-14(17)8-6-13;/h5-8H,3-4,9-12H2,1-2H3,(H,19,22)(H2,18,20,21);1H. The van der Waals surface area contributed by atoms with Gasteiger partial charge in [0.05, 0.1) is 0 Å². The smallest absolute Gasteiger partial charge is 0.251 e. The Balaban J connectivity index is 0.00000529. The zero-order valence-corrected chi connectivity index (χ0v) is 18.0. The maximum Gasteiger partial charge on any atom is 0.251 e. The first-order chi connectivity index (χ1) is 11.2. The van der Waals surface area contributed by atoms with Crippen LogP contribution in [0.4, 0.5) is 0 Å². The highest BCUT2D eigenvalue weighted by Gasteiger charge is 2.04. The summed E-state index contributed by atoms with van der Waals surface area (Å²) in [5.74, 6) is 1.84. The Morgan fingerprint density at radius 1 is 1.08 bits per heavy atom. The highest BCUT2D eigenvalue weighted by Crippen LogP contribution is 2.09. The molecule has 0 bridgehead atoms. The molecule has 0 fully saturated rings. The average molecular weight is 485 g/mol. The van der Waals surface area contributed by atoms with Crippen molar-refractivity contribution < 1.29 is 4.79 Å². The molecule has 1 amide bonds. The quantitative estimate of drug-likeness (QED) is 0.218. The minimum atomic E-state index is -0.108. The SMILES string of the molecule is CN=C(NCCCCSC)NCCNC(=O)c1ccc(Cl)cc1.I. The lowest BCUT2D eigenvalue weighted by Crippen LogP contribution is -2.41. The number of amides is 1.